The molecule has 0 radical (unpaired) electrons. The molecule has 4 nitrogen and oxygen atoms in total. The van der Waals surface area contributed by atoms with Crippen LogP contribution in [-0.2, 0) is 6.42 Å². The minimum Gasteiger partial charge on any atom is -0.508 e. The third-order valence-electron chi connectivity index (χ3n) is 2.42. The Morgan fingerprint density at radius 1 is 1.24 bits per heavy atom. The van der Waals surface area contributed by atoms with Crippen molar-refractivity contribution in [1.82, 2.24) is 5.32 Å². The smallest absolute Gasteiger partial charge is 0.254 e. The zero-order valence-corrected chi connectivity index (χ0v) is 9.22. The van der Waals surface area contributed by atoms with Gasteiger partial charge in [0.1, 0.15) is 12.0 Å². The summed E-state index contributed by atoms with van der Waals surface area (Å²) < 4.78 is 4.82. The van der Waals surface area contributed by atoms with Gasteiger partial charge in [0.2, 0.25) is 0 Å². The number of furan rings is 1. The lowest BCUT2D eigenvalue weighted by atomic mass is 10.1. The van der Waals surface area contributed by atoms with Crippen LogP contribution >= 0.6 is 0 Å². The van der Waals surface area contributed by atoms with Gasteiger partial charge in [-0.3, -0.25) is 4.79 Å². The van der Waals surface area contributed by atoms with Crippen LogP contribution in [0.15, 0.2) is 47.3 Å². The number of aromatic hydroxyl groups is 1. The average Bonchev–Trinajstić information content (AvgIpc) is 2.85. The van der Waals surface area contributed by atoms with Crippen molar-refractivity contribution < 1.29 is 14.3 Å². The van der Waals surface area contributed by atoms with Gasteiger partial charge in [0.05, 0.1) is 11.8 Å². The first-order chi connectivity index (χ1) is 8.25. The number of hydrogen-bond donors (Lipinski definition) is 2. The van der Waals surface area contributed by atoms with Crippen molar-refractivity contribution in [1.29, 1.82) is 0 Å². The number of amides is 1. The molecule has 0 aliphatic carbocycles. The second-order valence-electron chi connectivity index (χ2n) is 3.68. The Morgan fingerprint density at radius 3 is 2.65 bits per heavy atom. The summed E-state index contributed by atoms with van der Waals surface area (Å²) in [5, 5.41) is 11.9. The second kappa shape index (κ2) is 5.21. The van der Waals surface area contributed by atoms with Gasteiger partial charge in [-0.2, -0.15) is 0 Å². The summed E-state index contributed by atoms with van der Waals surface area (Å²) in [5.74, 6) is 0.105. The molecule has 1 heterocycles. The fourth-order valence-electron chi connectivity index (χ4n) is 1.48. The van der Waals surface area contributed by atoms with E-state index in [0.717, 1.165) is 12.0 Å². The third kappa shape index (κ3) is 3.11. The van der Waals surface area contributed by atoms with Gasteiger partial charge in [0.15, 0.2) is 0 Å². The third-order valence-corrected chi connectivity index (χ3v) is 2.42. The number of phenols is 1. The van der Waals surface area contributed by atoms with Gasteiger partial charge in [-0.25, -0.2) is 0 Å². The summed E-state index contributed by atoms with van der Waals surface area (Å²) in [6.07, 6.45) is 3.61. The van der Waals surface area contributed by atoms with Crippen LogP contribution in [0.4, 0.5) is 0 Å². The number of rotatable bonds is 4. The van der Waals surface area contributed by atoms with Gasteiger partial charge in [-0.05, 0) is 30.2 Å². The molecule has 1 aromatic carbocycles. The standard InChI is InChI=1S/C13H13NO3/c15-12-3-1-10(2-4-12)5-7-14-13(16)11-6-8-17-9-11/h1-4,6,8-9,15H,5,7H2,(H,14,16). The molecule has 0 saturated heterocycles. The molecular formula is C13H13NO3. The summed E-state index contributed by atoms with van der Waals surface area (Å²) in [4.78, 5) is 11.5. The largest absolute Gasteiger partial charge is 0.508 e. The lowest BCUT2D eigenvalue weighted by Gasteiger charge is -2.03. The van der Waals surface area contributed by atoms with Crippen LogP contribution in [0.25, 0.3) is 0 Å². The molecule has 2 aromatic rings. The number of hydrogen-bond acceptors (Lipinski definition) is 3. The van der Waals surface area contributed by atoms with Gasteiger partial charge in [-0.15, -0.1) is 0 Å². The molecule has 2 rings (SSSR count). The molecule has 2 N–H and O–H groups in total. The number of phenolic OH excluding ortho intramolecular Hbond substituents is 1. The molecule has 0 aliphatic rings. The van der Waals surface area contributed by atoms with E-state index in [2.05, 4.69) is 5.32 Å². The first-order valence-electron chi connectivity index (χ1n) is 5.34. The molecule has 0 saturated carbocycles. The Kier molecular flexibility index (Phi) is 3.45. The van der Waals surface area contributed by atoms with E-state index in [0.29, 0.717) is 12.1 Å². The van der Waals surface area contributed by atoms with Crippen molar-refractivity contribution in [3.63, 3.8) is 0 Å². The topological polar surface area (TPSA) is 62.5 Å². The molecular weight excluding hydrogens is 218 g/mol. The maximum atomic E-state index is 11.5. The van der Waals surface area contributed by atoms with Crippen molar-refractivity contribution in [3.05, 3.63) is 54.0 Å². The Hall–Kier alpha value is -2.23. The molecule has 1 aromatic heterocycles. The van der Waals surface area contributed by atoms with Crippen LogP contribution in [0.5, 0.6) is 5.75 Å². The summed E-state index contributed by atoms with van der Waals surface area (Å²) in [6, 6.07) is 8.55. The van der Waals surface area contributed by atoms with Crippen molar-refractivity contribution in [3.8, 4) is 5.75 Å². The summed E-state index contributed by atoms with van der Waals surface area (Å²) in [7, 11) is 0. The maximum Gasteiger partial charge on any atom is 0.254 e. The molecule has 0 unspecified atom stereocenters. The molecule has 1 amide bonds. The highest BCUT2D eigenvalue weighted by Gasteiger charge is 2.05. The molecule has 4 heteroatoms. The SMILES string of the molecule is O=C(NCCc1ccc(O)cc1)c1ccoc1. The fraction of sp³-hybridized carbons (Fsp3) is 0.154. The first kappa shape index (κ1) is 11.3. The molecule has 17 heavy (non-hydrogen) atoms. The Labute approximate surface area is 98.9 Å². The van der Waals surface area contributed by atoms with Crippen LogP contribution in [0, 0.1) is 0 Å². The Morgan fingerprint density at radius 2 is 2.00 bits per heavy atom. The van der Waals surface area contributed by atoms with E-state index >= 15 is 0 Å². The van der Waals surface area contributed by atoms with Crippen LogP contribution in [0.3, 0.4) is 0 Å². The lowest BCUT2D eigenvalue weighted by molar-refractivity contribution is 0.0953. The average molecular weight is 231 g/mol. The quantitative estimate of drug-likeness (QED) is 0.845. The van der Waals surface area contributed by atoms with E-state index in [1.165, 1.54) is 12.5 Å². The van der Waals surface area contributed by atoms with Gasteiger partial charge >= 0.3 is 0 Å². The minimum atomic E-state index is -0.141. The van der Waals surface area contributed by atoms with Crippen LogP contribution in [-0.4, -0.2) is 17.6 Å². The Bertz CT molecular complexity index is 474. The molecule has 88 valence electrons. The van der Waals surface area contributed by atoms with Gasteiger partial charge in [0.25, 0.3) is 5.91 Å². The summed E-state index contributed by atoms with van der Waals surface area (Å²) in [5.41, 5.74) is 1.59. The monoisotopic (exact) mass is 231 g/mol. The highest BCUT2D eigenvalue weighted by Crippen LogP contribution is 2.09. The second-order valence-corrected chi connectivity index (χ2v) is 3.68. The molecule has 0 bridgehead atoms. The first-order valence-corrected chi connectivity index (χ1v) is 5.34. The van der Waals surface area contributed by atoms with Gasteiger partial charge < -0.3 is 14.8 Å². The van der Waals surface area contributed by atoms with Crippen LogP contribution in [0.2, 0.25) is 0 Å². The van der Waals surface area contributed by atoms with Gasteiger partial charge in [-0.1, -0.05) is 12.1 Å². The fourth-order valence-corrected chi connectivity index (χ4v) is 1.48. The van der Waals surface area contributed by atoms with E-state index in [9.17, 15) is 4.79 Å². The minimum absolute atomic E-state index is 0.141. The zero-order valence-electron chi connectivity index (χ0n) is 9.22. The molecule has 0 fully saturated rings. The maximum absolute atomic E-state index is 11.5. The van der Waals surface area contributed by atoms with E-state index in [4.69, 9.17) is 9.52 Å². The zero-order chi connectivity index (χ0) is 12.1. The molecule has 0 spiro atoms. The van der Waals surface area contributed by atoms with E-state index in [-0.39, 0.29) is 11.7 Å². The number of carbonyl (C=O) groups is 1. The van der Waals surface area contributed by atoms with Crippen molar-refractivity contribution in [2.75, 3.05) is 6.54 Å². The number of benzene rings is 1. The van der Waals surface area contributed by atoms with Crippen LogP contribution in [0.1, 0.15) is 15.9 Å². The summed E-state index contributed by atoms with van der Waals surface area (Å²) in [6.45, 7) is 0.550. The van der Waals surface area contributed by atoms with Crippen LogP contribution < -0.4 is 5.32 Å². The number of carbonyl (C=O) groups excluding carboxylic acids is 1. The highest BCUT2D eigenvalue weighted by atomic mass is 16.3. The predicted molar refractivity (Wildman–Crippen MR) is 62.9 cm³/mol. The predicted octanol–water partition coefficient (Wildman–Crippen LogP) is 1.96. The van der Waals surface area contributed by atoms with Crippen molar-refractivity contribution in [2.45, 2.75) is 6.42 Å². The lowest BCUT2D eigenvalue weighted by Crippen LogP contribution is -2.25. The Balaban J connectivity index is 1.80. The highest BCUT2D eigenvalue weighted by molar-refractivity contribution is 5.93. The van der Waals surface area contributed by atoms with E-state index in [1.807, 2.05) is 12.1 Å². The van der Waals surface area contributed by atoms with Gasteiger partial charge in [0, 0.05) is 6.54 Å². The summed E-state index contributed by atoms with van der Waals surface area (Å²) >= 11 is 0. The molecule has 0 atom stereocenters. The normalized spacial score (nSPS) is 10.1. The van der Waals surface area contributed by atoms with E-state index in [1.54, 1.807) is 18.2 Å². The van der Waals surface area contributed by atoms with E-state index < -0.39 is 0 Å². The molecule has 0 aliphatic heterocycles. The van der Waals surface area contributed by atoms with Crippen molar-refractivity contribution >= 4 is 5.91 Å². The van der Waals surface area contributed by atoms with Crippen molar-refractivity contribution in [2.24, 2.45) is 0 Å². The number of nitrogens with one attached hydrogen (secondary N) is 1.